The van der Waals surface area contributed by atoms with E-state index >= 15 is 0 Å². The fraction of sp³-hybridized carbons (Fsp3) is 0.800. The maximum atomic E-state index is 14.2. The van der Waals surface area contributed by atoms with Crippen molar-refractivity contribution in [2.45, 2.75) is 108 Å². The van der Waals surface area contributed by atoms with Crippen molar-refractivity contribution in [2.24, 2.45) is 40.4 Å². The van der Waals surface area contributed by atoms with Crippen LogP contribution in [0.3, 0.4) is 0 Å². The van der Waals surface area contributed by atoms with Crippen LogP contribution in [-0.2, 0) is 23.8 Å². The highest BCUT2D eigenvalue weighted by molar-refractivity contribution is 5.92. The highest BCUT2D eigenvalue weighted by Gasteiger charge is 2.82. The normalized spacial score (nSPS) is 60.1. The number of hydrogen-bond donors (Lipinski definition) is 1. The maximum Gasteiger partial charge on any atom is 0.334 e. The number of esters is 2. The van der Waals surface area contributed by atoms with Crippen molar-refractivity contribution in [3.63, 3.8) is 0 Å². The molecule has 5 aliphatic carbocycles. The lowest BCUT2D eigenvalue weighted by Crippen LogP contribution is -2.51. The van der Waals surface area contributed by atoms with Gasteiger partial charge in [0, 0.05) is 28.7 Å². The molecule has 2 spiro atoms. The second-order valence-corrected chi connectivity index (χ2v) is 14.3. The van der Waals surface area contributed by atoms with E-state index in [1.807, 2.05) is 6.92 Å². The molecular formula is C30H38O6. The van der Waals surface area contributed by atoms with E-state index in [2.05, 4.69) is 27.4 Å². The van der Waals surface area contributed by atoms with Crippen molar-refractivity contribution in [3.05, 3.63) is 23.3 Å². The summed E-state index contributed by atoms with van der Waals surface area (Å²) in [4.78, 5) is 26.9. The number of ether oxygens (including phenoxy) is 3. The van der Waals surface area contributed by atoms with Crippen LogP contribution in [0.5, 0.6) is 0 Å². The minimum absolute atomic E-state index is 0.0591. The molecule has 3 aliphatic heterocycles. The van der Waals surface area contributed by atoms with Crippen LogP contribution in [0.4, 0.5) is 0 Å². The number of hydrogen-bond acceptors (Lipinski definition) is 6. The van der Waals surface area contributed by atoms with E-state index in [-0.39, 0.29) is 52.9 Å². The molecule has 36 heavy (non-hydrogen) atoms. The lowest BCUT2D eigenvalue weighted by Gasteiger charge is -2.48. The maximum absolute atomic E-state index is 14.2. The lowest BCUT2D eigenvalue weighted by molar-refractivity contribution is -0.155. The van der Waals surface area contributed by atoms with Gasteiger partial charge in [0.15, 0.2) is 0 Å². The highest BCUT2D eigenvalue weighted by atomic mass is 16.6. The van der Waals surface area contributed by atoms with Gasteiger partial charge >= 0.3 is 11.9 Å². The molecule has 2 bridgehead atoms. The van der Waals surface area contributed by atoms with Crippen LogP contribution >= 0.6 is 0 Å². The van der Waals surface area contributed by atoms with Crippen molar-refractivity contribution in [1.29, 1.82) is 0 Å². The zero-order valence-electron chi connectivity index (χ0n) is 21.9. The van der Waals surface area contributed by atoms with Gasteiger partial charge in [-0.3, -0.25) is 4.79 Å². The number of carbonyl (C=O) groups excluding carboxylic acids is 2. The molecule has 0 aromatic carbocycles. The summed E-state index contributed by atoms with van der Waals surface area (Å²) < 4.78 is 19.1. The van der Waals surface area contributed by atoms with Crippen molar-refractivity contribution in [2.75, 3.05) is 0 Å². The average molecular weight is 495 g/mol. The number of rotatable bonds is 0. The molecule has 6 nitrogen and oxygen atoms in total. The molecule has 0 amide bonds. The average Bonchev–Trinajstić information content (AvgIpc) is 3.16. The molecule has 8 aliphatic rings. The molecule has 3 saturated heterocycles. The molecule has 0 aromatic heterocycles. The van der Waals surface area contributed by atoms with Crippen molar-refractivity contribution >= 4 is 11.9 Å². The highest BCUT2D eigenvalue weighted by Crippen LogP contribution is 2.78. The quantitative estimate of drug-likeness (QED) is 0.235. The van der Waals surface area contributed by atoms with Gasteiger partial charge in [-0.2, -0.15) is 0 Å². The standard InChI is InChI=1S/C30H38O6/c1-14-6-11-30-19(14)23-18(8-10-28(30,5)36-30)29(25(32)35-23)13-16-12-26(29,3)21-20(16)27(4,33)9-7-17-15(2)24(31)34-22(17)21/h14,16-19,22-23,33H,2,6-13H2,1,3-5H3/t14-,16-,17-,18+,19+,22-,23-,26+,27-,28-,29-,30+/m0/s1. The molecule has 194 valence electrons. The Labute approximate surface area is 212 Å². The lowest BCUT2D eigenvalue weighted by atomic mass is 9.52. The number of epoxide rings is 1. The van der Waals surface area contributed by atoms with E-state index in [9.17, 15) is 14.7 Å². The van der Waals surface area contributed by atoms with Gasteiger partial charge in [-0.15, -0.1) is 0 Å². The molecule has 0 unspecified atom stereocenters. The van der Waals surface area contributed by atoms with Crippen molar-refractivity contribution in [1.82, 2.24) is 0 Å². The van der Waals surface area contributed by atoms with Gasteiger partial charge in [0.1, 0.15) is 17.8 Å². The summed E-state index contributed by atoms with van der Waals surface area (Å²) in [6, 6.07) is 0. The Bertz CT molecular complexity index is 1180. The van der Waals surface area contributed by atoms with Gasteiger partial charge in [-0.05, 0) is 88.2 Å². The molecule has 8 rings (SSSR count). The summed E-state index contributed by atoms with van der Waals surface area (Å²) in [5.74, 6) is 0.411. The fourth-order valence-corrected chi connectivity index (χ4v) is 11.4. The Morgan fingerprint density at radius 1 is 0.972 bits per heavy atom. The second-order valence-electron chi connectivity index (χ2n) is 14.3. The largest absolute Gasteiger partial charge is 0.461 e. The predicted molar refractivity (Wildman–Crippen MR) is 129 cm³/mol. The summed E-state index contributed by atoms with van der Waals surface area (Å²) in [5, 5.41) is 11.7. The minimum Gasteiger partial charge on any atom is -0.461 e. The SMILES string of the molecule is C=C1C(=O)O[C@@H]2C3=C([C@H]4C[C@@]3(C)[C@]3(C4)C(=O)O[C@@H]4[C@H]5[C@@H](C)CC[C@@]56O[C@@]6(C)CC[C@H]43)[C@@](C)(O)CC[C@@H]12. The molecular weight excluding hydrogens is 456 g/mol. The summed E-state index contributed by atoms with van der Waals surface area (Å²) in [6.07, 6.45) is 6.30. The van der Waals surface area contributed by atoms with E-state index in [4.69, 9.17) is 14.2 Å². The third-order valence-electron chi connectivity index (χ3n) is 12.9. The topological polar surface area (TPSA) is 85.4 Å². The van der Waals surface area contributed by atoms with Gasteiger partial charge in [0.05, 0.1) is 16.6 Å². The summed E-state index contributed by atoms with van der Waals surface area (Å²) in [5.41, 5.74) is 0.222. The zero-order chi connectivity index (χ0) is 25.2. The van der Waals surface area contributed by atoms with Crippen LogP contribution in [0, 0.1) is 40.4 Å². The van der Waals surface area contributed by atoms with Crippen LogP contribution in [-0.4, -0.2) is 46.1 Å². The first kappa shape index (κ1) is 22.3. The molecule has 6 fully saturated rings. The monoisotopic (exact) mass is 494 g/mol. The fourth-order valence-electron chi connectivity index (χ4n) is 11.4. The third kappa shape index (κ3) is 2.12. The van der Waals surface area contributed by atoms with E-state index in [1.165, 1.54) is 0 Å². The van der Waals surface area contributed by atoms with E-state index < -0.39 is 22.5 Å². The molecule has 0 radical (unpaired) electrons. The second kappa shape index (κ2) is 6.14. The minimum atomic E-state index is -0.964. The van der Waals surface area contributed by atoms with Crippen molar-refractivity contribution in [3.8, 4) is 0 Å². The van der Waals surface area contributed by atoms with Gasteiger partial charge in [-0.25, -0.2) is 4.79 Å². The smallest absolute Gasteiger partial charge is 0.334 e. The summed E-state index contributed by atoms with van der Waals surface area (Å²) >= 11 is 0. The van der Waals surface area contributed by atoms with E-state index in [1.54, 1.807) is 0 Å². The molecule has 0 aromatic rings. The molecule has 12 atom stereocenters. The Balaban J connectivity index is 1.29. The van der Waals surface area contributed by atoms with Crippen LogP contribution in [0.25, 0.3) is 0 Å². The Hall–Kier alpha value is -1.66. The van der Waals surface area contributed by atoms with Crippen LogP contribution in [0.1, 0.15) is 79.1 Å². The summed E-state index contributed by atoms with van der Waals surface area (Å²) in [7, 11) is 0. The number of carbonyl (C=O) groups is 2. The van der Waals surface area contributed by atoms with Crippen LogP contribution in [0.2, 0.25) is 0 Å². The summed E-state index contributed by atoms with van der Waals surface area (Å²) in [6.45, 7) is 12.8. The molecule has 3 heterocycles. The Morgan fingerprint density at radius 3 is 2.53 bits per heavy atom. The van der Waals surface area contributed by atoms with Gasteiger partial charge < -0.3 is 19.3 Å². The Morgan fingerprint density at radius 2 is 1.75 bits per heavy atom. The number of fused-ring (bicyclic) bond motifs is 10. The first-order valence-corrected chi connectivity index (χ1v) is 14.2. The Kier molecular flexibility index (Phi) is 3.81. The van der Waals surface area contributed by atoms with Crippen molar-refractivity contribution < 1.29 is 28.9 Å². The third-order valence-corrected chi connectivity index (χ3v) is 12.9. The van der Waals surface area contributed by atoms with Gasteiger partial charge in [0.2, 0.25) is 0 Å². The first-order chi connectivity index (χ1) is 16.9. The van der Waals surface area contributed by atoms with Crippen LogP contribution in [0.15, 0.2) is 23.3 Å². The predicted octanol–water partition coefficient (Wildman–Crippen LogP) is 4.25. The first-order valence-electron chi connectivity index (χ1n) is 14.2. The zero-order valence-corrected chi connectivity index (χ0v) is 21.9. The number of aliphatic hydroxyl groups is 1. The van der Waals surface area contributed by atoms with E-state index in [0.29, 0.717) is 24.3 Å². The van der Waals surface area contributed by atoms with E-state index in [0.717, 1.165) is 49.7 Å². The molecule has 1 N–H and O–H groups in total. The van der Waals surface area contributed by atoms with Gasteiger partial charge in [0.25, 0.3) is 0 Å². The van der Waals surface area contributed by atoms with Gasteiger partial charge in [-0.1, -0.05) is 20.4 Å². The molecule has 3 saturated carbocycles. The molecule has 6 heteroatoms. The van der Waals surface area contributed by atoms with Crippen LogP contribution < -0.4 is 0 Å².